The van der Waals surface area contributed by atoms with E-state index in [1.54, 1.807) is 0 Å². The molecule has 4 nitrogen and oxygen atoms in total. The fourth-order valence-electron chi connectivity index (χ4n) is 9.91. The quantitative estimate of drug-likeness (QED) is 0.168. The first-order chi connectivity index (χ1) is 30.8. The highest BCUT2D eigenvalue weighted by atomic mass is 16.3. The average Bonchev–Trinajstić information content (AvgIpc) is 4.02. The summed E-state index contributed by atoms with van der Waals surface area (Å²) in [6.45, 7) is 0. The predicted octanol–water partition coefficient (Wildman–Crippen LogP) is 16.5. The number of hydrogen-bond donors (Lipinski definition) is 0. The van der Waals surface area contributed by atoms with E-state index in [-0.39, 0.29) is 0 Å². The van der Waals surface area contributed by atoms with Gasteiger partial charge in [-0.3, -0.25) is 0 Å². The van der Waals surface area contributed by atoms with Crippen LogP contribution in [0.3, 0.4) is 0 Å². The van der Waals surface area contributed by atoms with Crippen molar-refractivity contribution in [2.75, 3.05) is 4.90 Å². The van der Waals surface area contributed by atoms with Gasteiger partial charge in [0.1, 0.15) is 22.3 Å². The van der Waals surface area contributed by atoms with Crippen molar-refractivity contribution in [3.8, 4) is 27.9 Å². The Hall–Kier alpha value is -8.34. The molecule has 3 aromatic heterocycles. The normalized spacial score (nSPS) is 11.9. The molecule has 0 bridgehead atoms. The van der Waals surface area contributed by atoms with Crippen LogP contribution >= 0.6 is 0 Å². The highest BCUT2D eigenvalue weighted by molar-refractivity contribution is 6.20. The van der Waals surface area contributed by atoms with Gasteiger partial charge in [0.25, 0.3) is 0 Å². The van der Waals surface area contributed by atoms with Crippen LogP contribution in [0.4, 0.5) is 17.1 Å². The van der Waals surface area contributed by atoms with Crippen LogP contribution in [0.1, 0.15) is 0 Å². The van der Waals surface area contributed by atoms with E-state index >= 15 is 0 Å². The minimum Gasteiger partial charge on any atom is -0.456 e. The molecule has 0 fully saturated rings. The largest absolute Gasteiger partial charge is 0.456 e. The van der Waals surface area contributed by atoms with Gasteiger partial charge in [-0.15, -0.1) is 0 Å². The third-order valence-corrected chi connectivity index (χ3v) is 12.6. The Labute approximate surface area is 356 Å². The second kappa shape index (κ2) is 13.6. The fourth-order valence-corrected chi connectivity index (χ4v) is 9.91. The van der Waals surface area contributed by atoms with Crippen molar-refractivity contribution in [3.63, 3.8) is 0 Å². The van der Waals surface area contributed by atoms with Crippen molar-refractivity contribution in [3.05, 3.63) is 218 Å². The molecular formula is C58H36N2O2. The number of para-hydroxylation sites is 5. The molecule has 0 N–H and O–H groups in total. The number of nitrogens with zero attached hydrogens (tertiary/aromatic N) is 2. The van der Waals surface area contributed by atoms with Gasteiger partial charge in [-0.05, 0) is 83.2 Å². The molecule has 62 heavy (non-hydrogen) atoms. The molecular weight excluding hydrogens is 757 g/mol. The Bertz CT molecular complexity index is 3830. The molecule has 13 aromatic rings. The minimum atomic E-state index is 0.845. The second-order valence-corrected chi connectivity index (χ2v) is 16.0. The van der Waals surface area contributed by atoms with Crippen LogP contribution in [0, 0.1) is 0 Å². The Balaban J connectivity index is 1.03. The summed E-state index contributed by atoms with van der Waals surface area (Å²) in [6.07, 6.45) is 0. The fraction of sp³-hybridized carbons (Fsp3) is 0. The first kappa shape index (κ1) is 34.5. The summed E-state index contributed by atoms with van der Waals surface area (Å²) < 4.78 is 15.6. The molecule has 0 amide bonds. The van der Waals surface area contributed by atoms with E-state index in [2.05, 4.69) is 222 Å². The average molecular weight is 793 g/mol. The lowest BCUT2D eigenvalue weighted by atomic mass is 9.95. The first-order valence-corrected chi connectivity index (χ1v) is 21.1. The van der Waals surface area contributed by atoms with Gasteiger partial charge in [0.05, 0.1) is 33.5 Å². The number of furan rings is 2. The van der Waals surface area contributed by atoms with Crippen molar-refractivity contribution in [2.45, 2.75) is 0 Å². The van der Waals surface area contributed by atoms with Crippen LogP contribution in [-0.4, -0.2) is 4.57 Å². The molecule has 0 spiro atoms. The number of fused-ring (bicyclic) bond motifs is 11. The van der Waals surface area contributed by atoms with Crippen molar-refractivity contribution in [2.24, 2.45) is 0 Å². The van der Waals surface area contributed by atoms with Crippen LogP contribution in [0.15, 0.2) is 227 Å². The molecule has 3 heterocycles. The van der Waals surface area contributed by atoms with Gasteiger partial charge in [-0.1, -0.05) is 152 Å². The zero-order valence-electron chi connectivity index (χ0n) is 33.5. The third-order valence-electron chi connectivity index (χ3n) is 12.6. The first-order valence-electron chi connectivity index (χ1n) is 21.1. The van der Waals surface area contributed by atoms with Crippen LogP contribution < -0.4 is 4.90 Å². The number of anilines is 3. The summed E-state index contributed by atoms with van der Waals surface area (Å²) >= 11 is 0. The number of benzene rings is 10. The van der Waals surface area contributed by atoms with Crippen LogP contribution in [0.5, 0.6) is 0 Å². The third kappa shape index (κ3) is 5.14. The van der Waals surface area contributed by atoms with Gasteiger partial charge in [0.2, 0.25) is 0 Å². The molecule has 13 rings (SSSR count). The molecule has 290 valence electrons. The summed E-state index contributed by atoms with van der Waals surface area (Å²) in [5.74, 6) is 0. The molecule has 0 saturated heterocycles. The van der Waals surface area contributed by atoms with E-state index < -0.39 is 0 Å². The Kier molecular flexibility index (Phi) is 7.57. The number of rotatable bonds is 6. The smallest absolute Gasteiger partial charge is 0.143 e. The summed E-state index contributed by atoms with van der Waals surface area (Å²) in [5.41, 5.74) is 14.6. The second-order valence-electron chi connectivity index (χ2n) is 16.0. The highest BCUT2D eigenvalue weighted by Gasteiger charge is 2.24. The molecule has 4 heteroatoms. The molecule has 0 aliphatic carbocycles. The summed E-state index contributed by atoms with van der Waals surface area (Å²) in [5, 5.41) is 9.11. The lowest BCUT2D eigenvalue weighted by Gasteiger charge is -2.29. The van der Waals surface area contributed by atoms with Crippen LogP contribution in [-0.2, 0) is 0 Å². The SMILES string of the molecule is c1ccc(N(c2ccc(-c3ccccc3-n3c4ccccc4c4ccccc43)cc2)c2cccc3oc4ccccc4c23)c(-c2cccc3oc4c5ccccc5ccc4c23)c1. The van der Waals surface area contributed by atoms with E-state index in [1.807, 2.05) is 6.07 Å². The topological polar surface area (TPSA) is 34.5 Å². The van der Waals surface area contributed by atoms with Crippen molar-refractivity contribution >= 4 is 93.5 Å². The van der Waals surface area contributed by atoms with Crippen molar-refractivity contribution < 1.29 is 8.83 Å². The Morgan fingerprint density at radius 3 is 1.73 bits per heavy atom. The molecule has 10 aromatic carbocycles. The highest BCUT2D eigenvalue weighted by Crippen LogP contribution is 2.49. The molecule has 0 radical (unpaired) electrons. The zero-order chi connectivity index (χ0) is 40.7. The standard InChI is InChI=1S/C58H36N2O2/c1-2-17-41-37(15-1)33-36-47-56-45(22-13-29-54(56)62-58(41)47)44-20-6-9-24-49(44)59(52-27-14-30-55-57(52)46-21-7-12-28-53(46)61-55)39-34-31-38(32-35-39)40-16-3-8-23-48(40)60-50-25-10-4-18-42(50)43-19-5-11-26-51(43)60/h1-36H. The summed E-state index contributed by atoms with van der Waals surface area (Å²) in [4.78, 5) is 2.40. The van der Waals surface area contributed by atoms with E-state index in [0.717, 1.165) is 99.7 Å². The molecule has 0 aliphatic heterocycles. The number of aromatic nitrogens is 1. The number of hydrogen-bond acceptors (Lipinski definition) is 3. The Morgan fingerprint density at radius 2 is 0.919 bits per heavy atom. The van der Waals surface area contributed by atoms with Gasteiger partial charge in [-0.25, -0.2) is 0 Å². The van der Waals surface area contributed by atoms with Crippen LogP contribution in [0.2, 0.25) is 0 Å². The maximum absolute atomic E-state index is 6.70. The monoisotopic (exact) mass is 792 g/mol. The molecule has 0 aliphatic rings. The van der Waals surface area contributed by atoms with Crippen molar-refractivity contribution in [1.82, 2.24) is 4.57 Å². The van der Waals surface area contributed by atoms with Gasteiger partial charge >= 0.3 is 0 Å². The summed E-state index contributed by atoms with van der Waals surface area (Å²) in [6, 6.07) is 77.9. The van der Waals surface area contributed by atoms with Crippen LogP contribution in [0.25, 0.3) is 104 Å². The molecule has 0 saturated carbocycles. The zero-order valence-corrected chi connectivity index (χ0v) is 33.5. The van der Waals surface area contributed by atoms with Gasteiger partial charge < -0.3 is 18.3 Å². The molecule has 0 unspecified atom stereocenters. The lowest BCUT2D eigenvalue weighted by Crippen LogP contribution is -2.11. The lowest BCUT2D eigenvalue weighted by molar-refractivity contribution is 0.669. The predicted molar refractivity (Wildman–Crippen MR) is 258 cm³/mol. The van der Waals surface area contributed by atoms with E-state index in [0.29, 0.717) is 0 Å². The maximum Gasteiger partial charge on any atom is 0.143 e. The minimum absolute atomic E-state index is 0.845. The van der Waals surface area contributed by atoms with E-state index in [9.17, 15) is 0 Å². The van der Waals surface area contributed by atoms with E-state index in [1.165, 1.54) is 21.8 Å². The van der Waals surface area contributed by atoms with E-state index in [4.69, 9.17) is 8.83 Å². The van der Waals surface area contributed by atoms with Gasteiger partial charge in [-0.2, -0.15) is 0 Å². The maximum atomic E-state index is 6.70. The molecule has 0 atom stereocenters. The van der Waals surface area contributed by atoms with Crippen molar-refractivity contribution in [1.29, 1.82) is 0 Å². The summed E-state index contributed by atoms with van der Waals surface area (Å²) in [7, 11) is 0. The van der Waals surface area contributed by atoms with Gasteiger partial charge in [0.15, 0.2) is 0 Å². The Morgan fingerprint density at radius 1 is 0.339 bits per heavy atom. The van der Waals surface area contributed by atoms with Gasteiger partial charge in [0, 0.05) is 49.1 Å².